The summed E-state index contributed by atoms with van der Waals surface area (Å²) >= 11 is 0. The van der Waals surface area contributed by atoms with E-state index in [0.29, 0.717) is 0 Å². The molecule has 0 saturated carbocycles. The van der Waals surface area contributed by atoms with E-state index in [9.17, 15) is 0 Å². The van der Waals surface area contributed by atoms with Gasteiger partial charge >= 0.3 is 0 Å². The van der Waals surface area contributed by atoms with Gasteiger partial charge in [-0.2, -0.15) is 0 Å². The maximum absolute atomic E-state index is 9.16. The van der Waals surface area contributed by atoms with Crippen molar-refractivity contribution in [1.82, 2.24) is 4.98 Å². The Bertz CT molecular complexity index is 796. The fraction of sp³-hybridized carbons (Fsp3) is 0.167. The molecule has 0 spiro atoms. The van der Waals surface area contributed by atoms with Crippen LogP contribution in [0.15, 0.2) is 48.5 Å². The summed E-state index contributed by atoms with van der Waals surface area (Å²) in [6, 6.07) is 15.6. The summed E-state index contributed by atoms with van der Waals surface area (Å²) in [5.74, 6) is 1.53. The summed E-state index contributed by atoms with van der Waals surface area (Å²) < 4.78 is 6.03. The monoisotopic (exact) mass is 279 g/mol. The van der Waals surface area contributed by atoms with E-state index in [0.717, 1.165) is 39.2 Å². The quantitative estimate of drug-likeness (QED) is 0.783. The highest BCUT2D eigenvalue weighted by atomic mass is 16.5. The second kappa shape index (κ2) is 5.54. The van der Waals surface area contributed by atoms with Crippen LogP contribution in [0.25, 0.3) is 10.9 Å². The molecule has 3 rings (SSSR count). The first-order valence-corrected chi connectivity index (χ1v) is 6.92. The first kappa shape index (κ1) is 13.6. The lowest BCUT2D eigenvalue weighted by molar-refractivity contribution is 0.281. The first-order valence-electron chi connectivity index (χ1n) is 6.92. The molecule has 3 nitrogen and oxygen atoms in total. The molecule has 0 aliphatic carbocycles. The molecule has 0 saturated heterocycles. The molecule has 3 heteroatoms. The molecule has 1 aromatic heterocycles. The predicted molar refractivity (Wildman–Crippen MR) is 83.7 cm³/mol. The van der Waals surface area contributed by atoms with Crippen molar-refractivity contribution in [2.45, 2.75) is 20.5 Å². The van der Waals surface area contributed by atoms with Crippen molar-refractivity contribution >= 4 is 10.9 Å². The minimum Gasteiger partial charge on any atom is -0.455 e. The van der Waals surface area contributed by atoms with Crippen LogP contribution < -0.4 is 4.74 Å². The molecule has 3 aromatic rings. The van der Waals surface area contributed by atoms with Crippen molar-refractivity contribution in [2.24, 2.45) is 0 Å². The molecule has 106 valence electrons. The molecule has 1 N–H and O–H groups in total. The first-order chi connectivity index (χ1) is 10.2. The van der Waals surface area contributed by atoms with E-state index in [-0.39, 0.29) is 6.61 Å². The van der Waals surface area contributed by atoms with E-state index >= 15 is 0 Å². The Morgan fingerprint density at radius 3 is 2.62 bits per heavy atom. The molecular formula is C18H17NO2. The van der Waals surface area contributed by atoms with Crippen LogP contribution in [-0.2, 0) is 6.61 Å². The molecule has 0 radical (unpaired) electrons. The SMILES string of the molecule is Cc1ccc2cccc(Oc3ccc(CO)cc3C)c2n1. The van der Waals surface area contributed by atoms with E-state index < -0.39 is 0 Å². The number of aliphatic hydroxyl groups is 1. The lowest BCUT2D eigenvalue weighted by atomic mass is 10.1. The number of hydrogen-bond donors (Lipinski definition) is 1. The molecule has 0 atom stereocenters. The van der Waals surface area contributed by atoms with E-state index in [1.54, 1.807) is 0 Å². The Kier molecular flexibility index (Phi) is 3.59. The number of benzene rings is 2. The van der Waals surface area contributed by atoms with Gasteiger partial charge in [-0.05, 0) is 43.2 Å². The van der Waals surface area contributed by atoms with Crippen LogP contribution >= 0.6 is 0 Å². The van der Waals surface area contributed by atoms with Crippen LogP contribution in [0.4, 0.5) is 0 Å². The van der Waals surface area contributed by atoms with Crippen LogP contribution in [-0.4, -0.2) is 10.1 Å². The van der Waals surface area contributed by atoms with Crippen LogP contribution in [0.1, 0.15) is 16.8 Å². The van der Waals surface area contributed by atoms with Gasteiger partial charge < -0.3 is 9.84 Å². The van der Waals surface area contributed by atoms with Gasteiger partial charge in [-0.15, -0.1) is 0 Å². The fourth-order valence-electron chi connectivity index (χ4n) is 2.34. The minimum atomic E-state index is 0.0378. The van der Waals surface area contributed by atoms with Gasteiger partial charge in [0.1, 0.15) is 11.3 Å². The summed E-state index contributed by atoms with van der Waals surface area (Å²) in [7, 11) is 0. The number of nitrogens with zero attached hydrogens (tertiary/aromatic N) is 1. The van der Waals surface area contributed by atoms with Gasteiger partial charge in [0.2, 0.25) is 0 Å². The average Bonchev–Trinajstić information content (AvgIpc) is 2.49. The number of ether oxygens (including phenoxy) is 1. The van der Waals surface area contributed by atoms with Crippen molar-refractivity contribution in [3.8, 4) is 11.5 Å². The fourth-order valence-corrected chi connectivity index (χ4v) is 2.34. The normalized spacial score (nSPS) is 10.8. The van der Waals surface area contributed by atoms with Gasteiger partial charge in [0.15, 0.2) is 5.75 Å². The number of rotatable bonds is 3. The minimum absolute atomic E-state index is 0.0378. The van der Waals surface area contributed by atoms with Crippen LogP contribution in [0, 0.1) is 13.8 Å². The summed E-state index contributed by atoms with van der Waals surface area (Å²) in [6.45, 7) is 3.98. The molecule has 2 aromatic carbocycles. The number of hydrogen-bond acceptors (Lipinski definition) is 3. The summed E-state index contributed by atoms with van der Waals surface area (Å²) in [4.78, 5) is 4.57. The number of aromatic nitrogens is 1. The molecule has 0 aliphatic rings. The van der Waals surface area contributed by atoms with Crippen LogP contribution in [0.2, 0.25) is 0 Å². The number of para-hydroxylation sites is 1. The zero-order valence-corrected chi connectivity index (χ0v) is 12.1. The third kappa shape index (κ3) is 2.73. The zero-order chi connectivity index (χ0) is 14.8. The predicted octanol–water partition coefficient (Wildman–Crippen LogP) is 4.14. The molecule has 0 fully saturated rings. The van der Waals surface area contributed by atoms with E-state index in [4.69, 9.17) is 9.84 Å². The Labute approximate surface area is 123 Å². The molecule has 0 aliphatic heterocycles. The third-order valence-electron chi connectivity index (χ3n) is 3.46. The van der Waals surface area contributed by atoms with Gasteiger partial charge in [0.25, 0.3) is 0 Å². The number of aliphatic hydroxyl groups excluding tert-OH is 1. The van der Waals surface area contributed by atoms with Crippen molar-refractivity contribution in [3.63, 3.8) is 0 Å². The number of pyridine rings is 1. The van der Waals surface area contributed by atoms with Crippen molar-refractivity contribution in [3.05, 3.63) is 65.4 Å². The van der Waals surface area contributed by atoms with Crippen molar-refractivity contribution < 1.29 is 9.84 Å². The summed E-state index contributed by atoms with van der Waals surface area (Å²) in [6.07, 6.45) is 0. The van der Waals surface area contributed by atoms with Gasteiger partial charge in [0.05, 0.1) is 6.61 Å². The third-order valence-corrected chi connectivity index (χ3v) is 3.46. The Morgan fingerprint density at radius 1 is 1.00 bits per heavy atom. The standard InChI is InChI=1S/C18H17NO2/c1-12-10-14(11-20)7-9-16(12)21-17-5-3-4-15-8-6-13(2)19-18(15)17/h3-10,20H,11H2,1-2H3. The van der Waals surface area contributed by atoms with Gasteiger partial charge in [-0.3, -0.25) is 0 Å². The maximum atomic E-state index is 9.16. The second-order valence-corrected chi connectivity index (χ2v) is 5.14. The van der Waals surface area contributed by atoms with E-state index in [1.165, 1.54) is 0 Å². The summed E-state index contributed by atoms with van der Waals surface area (Å²) in [5, 5.41) is 10.2. The summed E-state index contributed by atoms with van der Waals surface area (Å²) in [5.41, 5.74) is 3.70. The molecule has 0 bridgehead atoms. The molecule has 1 heterocycles. The van der Waals surface area contributed by atoms with Crippen LogP contribution in [0.5, 0.6) is 11.5 Å². The number of aryl methyl sites for hydroxylation is 2. The average molecular weight is 279 g/mol. The number of fused-ring (bicyclic) bond motifs is 1. The Morgan fingerprint density at radius 2 is 1.86 bits per heavy atom. The van der Waals surface area contributed by atoms with Crippen molar-refractivity contribution in [2.75, 3.05) is 0 Å². The highest BCUT2D eigenvalue weighted by molar-refractivity contribution is 5.84. The van der Waals surface area contributed by atoms with Gasteiger partial charge in [0, 0.05) is 11.1 Å². The Hall–Kier alpha value is -2.39. The highest BCUT2D eigenvalue weighted by Gasteiger charge is 2.07. The molecule has 0 unspecified atom stereocenters. The largest absolute Gasteiger partial charge is 0.455 e. The van der Waals surface area contributed by atoms with Crippen LogP contribution in [0.3, 0.4) is 0 Å². The Balaban J connectivity index is 2.04. The lowest BCUT2D eigenvalue weighted by Gasteiger charge is -2.11. The van der Waals surface area contributed by atoms with Gasteiger partial charge in [-0.1, -0.05) is 30.3 Å². The smallest absolute Gasteiger partial charge is 0.153 e. The molecule has 0 amide bonds. The van der Waals surface area contributed by atoms with E-state index in [1.807, 2.05) is 62.4 Å². The highest BCUT2D eigenvalue weighted by Crippen LogP contribution is 2.30. The topological polar surface area (TPSA) is 42.4 Å². The maximum Gasteiger partial charge on any atom is 0.153 e. The zero-order valence-electron chi connectivity index (χ0n) is 12.1. The lowest BCUT2D eigenvalue weighted by Crippen LogP contribution is -1.93. The van der Waals surface area contributed by atoms with Gasteiger partial charge in [-0.25, -0.2) is 4.98 Å². The van der Waals surface area contributed by atoms with Crippen molar-refractivity contribution in [1.29, 1.82) is 0 Å². The molecular weight excluding hydrogens is 262 g/mol. The van der Waals surface area contributed by atoms with E-state index in [2.05, 4.69) is 4.98 Å². The second-order valence-electron chi connectivity index (χ2n) is 5.14. The molecule has 21 heavy (non-hydrogen) atoms.